The number of benzene rings is 1. The quantitative estimate of drug-likeness (QED) is 0.761. The van der Waals surface area contributed by atoms with E-state index < -0.39 is 0 Å². The van der Waals surface area contributed by atoms with Gasteiger partial charge in [-0.1, -0.05) is 12.1 Å². The van der Waals surface area contributed by atoms with E-state index in [1.807, 2.05) is 24.3 Å². The molecule has 6 heteroatoms. The first kappa shape index (κ1) is 16.3. The second-order valence-corrected chi connectivity index (χ2v) is 8.98. The van der Waals surface area contributed by atoms with Crippen molar-refractivity contribution in [1.29, 1.82) is 0 Å². The molecule has 4 saturated carbocycles. The summed E-state index contributed by atoms with van der Waals surface area (Å²) < 4.78 is 7.06. The van der Waals surface area contributed by atoms with Crippen molar-refractivity contribution in [3.05, 3.63) is 40.9 Å². The van der Waals surface area contributed by atoms with Gasteiger partial charge in [-0.3, -0.25) is 14.2 Å². The first-order valence-corrected chi connectivity index (χ1v) is 10.3. The summed E-state index contributed by atoms with van der Waals surface area (Å²) in [5, 5.41) is 4.07. The lowest BCUT2D eigenvalue weighted by Gasteiger charge is -2.54. The van der Waals surface area contributed by atoms with Crippen molar-refractivity contribution in [2.24, 2.45) is 23.7 Å². The van der Waals surface area contributed by atoms with E-state index in [1.165, 1.54) is 43.0 Å². The van der Waals surface area contributed by atoms with Crippen LogP contribution in [0.15, 0.2) is 39.8 Å². The molecule has 1 N–H and O–H groups in total. The molecule has 0 unspecified atom stereocenters. The molecule has 0 radical (unpaired) electrons. The number of nitrogens with zero attached hydrogens (tertiary/aromatic N) is 2. The molecule has 0 saturated heterocycles. The van der Waals surface area contributed by atoms with Crippen LogP contribution in [0.1, 0.15) is 32.1 Å². The Kier molecular flexibility index (Phi) is 3.46. The normalized spacial score (nSPS) is 30.9. The fourth-order valence-electron chi connectivity index (χ4n) is 6.28. The highest BCUT2D eigenvalue weighted by atomic mass is 16.3. The number of amides is 1. The number of para-hydroxylation sites is 1. The number of fused-ring (bicyclic) bond motifs is 3. The molecule has 0 spiro atoms. The summed E-state index contributed by atoms with van der Waals surface area (Å²) in [6.07, 6.45) is 7.87. The molecule has 4 fully saturated rings. The molecule has 144 valence electrons. The fourth-order valence-corrected chi connectivity index (χ4v) is 6.28. The predicted molar refractivity (Wildman–Crippen MR) is 105 cm³/mol. The topological polar surface area (TPSA) is 77.1 Å². The molecular formula is C22H23N3O3. The lowest BCUT2D eigenvalue weighted by atomic mass is 9.54. The number of nitrogens with one attached hydrogen (secondary N) is 1. The third kappa shape index (κ3) is 2.43. The van der Waals surface area contributed by atoms with Crippen LogP contribution in [0.5, 0.6) is 0 Å². The van der Waals surface area contributed by atoms with Gasteiger partial charge in [0.1, 0.15) is 17.6 Å². The molecule has 4 aliphatic rings. The van der Waals surface area contributed by atoms with Gasteiger partial charge in [-0.15, -0.1) is 0 Å². The van der Waals surface area contributed by atoms with Gasteiger partial charge in [0.2, 0.25) is 11.5 Å². The maximum Gasteiger partial charge on any atom is 0.297 e. The number of hydrogen-bond donors (Lipinski definition) is 1. The largest absolute Gasteiger partial charge is 0.448 e. The van der Waals surface area contributed by atoms with Gasteiger partial charge in [0.05, 0.1) is 6.33 Å². The minimum absolute atomic E-state index is 0.0123. The molecule has 0 atom stereocenters. The van der Waals surface area contributed by atoms with Crippen LogP contribution in [0.25, 0.3) is 22.1 Å². The molecule has 4 aliphatic carbocycles. The Hall–Kier alpha value is -2.63. The molecule has 4 bridgehead atoms. The third-order valence-corrected chi connectivity index (χ3v) is 7.22. The van der Waals surface area contributed by atoms with E-state index in [4.69, 9.17) is 4.42 Å². The molecule has 1 amide bonds. The Balaban J connectivity index is 1.25. The van der Waals surface area contributed by atoms with E-state index in [1.54, 1.807) is 0 Å². The number of rotatable bonds is 3. The fraction of sp³-hybridized carbons (Fsp3) is 0.500. The SMILES string of the molecule is O=C(Cn1cnc2c(oc3ccccc32)c1=O)NC1C2CC3CC(C2)CC1C3. The summed E-state index contributed by atoms with van der Waals surface area (Å²) in [5.41, 5.74) is 1.10. The highest BCUT2D eigenvalue weighted by Crippen LogP contribution is 2.53. The van der Waals surface area contributed by atoms with Crippen molar-refractivity contribution in [2.75, 3.05) is 0 Å². The second kappa shape index (κ2) is 5.93. The molecular weight excluding hydrogens is 354 g/mol. The Morgan fingerprint density at radius 2 is 1.82 bits per heavy atom. The lowest BCUT2D eigenvalue weighted by Crippen LogP contribution is -2.56. The van der Waals surface area contributed by atoms with E-state index in [0.717, 1.165) is 17.2 Å². The van der Waals surface area contributed by atoms with E-state index in [2.05, 4.69) is 10.3 Å². The third-order valence-electron chi connectivity index (χ3n) is 7.22. The number of hydrogen-bond acceptors (Lipinski definition) is 4. The van der Waals surface area contributed by atoms with Gasteiger partial charge in [0.15, 0.2) is 0 Å². The van der Waals surface area contributed by atoms with Gasteiger partial charge in [0, 0.05) is 11.4 Å². The van der Waals surface area contributed by atoms with Crippen LogP contribution >= 0.6 is 0 Å². The zero-order chi connectivity index (χ0) is 18.8. The van der Waals surface area contributed by atoms with Crippen LogP contribution in [0.2, 0.25) is 0 Å². The number of carbonyl (C=O) groups is 1. The first-order chi connectivity index (χ1) is 13.7. The predicted octanol–water partition coefficient (Wildman–Crippen LogP) is 3.08. The van der Waals surface area contributed by atoms with Crippen LogP contribution in [-0.4, -0.2) is 21.5 Å². The second-order valence-electron chi connectivity index (χ2n) is 8.98. The summed E-state index contributed by atoms with van der Waals surface area (Å²) in [4.78, 5) is 29.9. The molecule has 28 heavy (non-hydrogen) atoms. The van der Waals surface area contributed by atoms with Crippen LogP contribution in [-0.2, 0) is 11.3 Å². The van der Waals surface area contributed by atoms with E-state index in [0.29, 0.717) is 22.9 Å². The maximum absolute atomic E-state index is 12.8. The molecule has 2 heterocycles. The average Bonchev–Trinajstić information content (AvgIpc) is 3.06. The van der Waals surface area contributed by atoms with Gasteiger partial charge in [-0.2, -0.15) is 0 Å². The maximum atomic E-state index is 12.8. The molecule has 3 aromatic rings. The van der Waals surface area contributed by atoms with E-state index >= 15 is 0 Å². The number of furan rings is 1. The van der Waals surface area contributed by atoms with Gasteiger partial charge in [-0.25, -0.2) is 4.98 Å². The van der Waals surface area contributed by atoms with E-state index in [9.17, 15) is 9.59 Å². The Labute approximate surface area is 161 Å². The monoisotopic (exact) mass is 377 g/mol. The van der Waals surface area contributed by atoms with Crippen molar-refractivity contribution < 1.29 is 9.21 Å². The standard InChI is InChI=1S/C22H23N3O3/c26-18(24-19-14-6-12-5-13(8-14)9-15(19)7-12)10-25-11-23-20-16-3-1-2-4-17(16)28-21(20)22(25)27/h1-4,11-15,19H,5-10H2,(H,24,26). The molecule has 7 rings (SSSR count). The molecule has 2 aromatic heterocycles. The minimum Gasteiger partial charge on any atom is -0.448 e. The average molecular weight is 377 g/mol. The Morgan fingerprint density at radius 3 is 2.57 bits per heavy atom. The van der Waals surface area contributed by atoms with Crippen molar-refractivity contribution in [3.63, 3.8) is 0 Å². The minimum atomic E-state index is -0.304. The zero-order valence-electron chi connectivity index (χ0n) is 15.6. The van der Waals surface area contributed by atoms with Gasteiger partial charge in [0.25, 0.3) is 5.56 Å². The van der Waals surface area contributed by atoms with Crippen LogP contribution in [0.3, 0.4) is 0 Å². The smallest absolute Gasteiger partial charge is 0.297 e. The highest BCUT2D eigenvalue weighted by molar-refractivity contribution is 6.01. The summed E-state index contributed by atoms with van der Waals surface area (Å²) in [5.74, 6) is 2.88. The van der Waals surface area contributed by atoms with Crippen LogP contribution < -0.4 is 10.9 Å². The number of aromatic nitrogens is 2. The van der Waals surface area contributed by atoms with Crippen LogP contribution in [0, 0.1) is 23.7 Å². The van der Waals surface area contributed by atoms with E-state index in [-0.39, 0.29) is 29.6 Å². The van der Waals surface area contributed by atoms with Gasteiger partial charge >= 0.3 is 0 Å². The summed E-state index contributed by atoms with van der Waals surface area (Å²) in [7, 11) is 0. The summed E-state index contributed by atoms with van der Waals surface area (Å²) in [6, 6.07) is 7.74. The summed E-state index contributed by atoms with van der Waals surface area (Å²) in [6.45, 7) is -0.0123. The molecule has 0 aliphatic heterocycles. The van der Waals surface area contributed by atoms with Crippen molar-refractivity contribution in [2.45, 2.75) is 44.7 Å². The van der Waals surface area contributed by atoms with Crippen molar-refractivity contribution in [1.82, 2.24) is 14.9 Å². The summed E-state index contributed by atoms with van der Waals surface area (Å²) >= 11 is 0. The zero-order valence-corrected chi connectivity index (χ0v) is 15.6. The van der Waals surface area contributed by atoms with Crippen molar-refractivity contribution in [3.8, 4) is 0 Å². The highest BCUT2D eigenvalue weighted by Gasteiger charge is 2.48. The first-order valence-electron chi connectivity index (χ1n) is 10.3. The Morgan fingerprint density at radius 1 is 1.11 bits per heavy atom. The number of carbonyl (C=O) groups excluding carboxylic acids is 1. The lowest BCUT2D eigenvalue weighted by molar-refractivity contribution is -0.125. The van der Waals surface area contributed by atoms with Gasteiger partial charge in [-0.05, 0) is 67.9 Å². The van der Waals surface area contributed by atoms with Gasteiger partial charge < -0.3 is 9.73 Å². The molecule has 1 aromatic carbocycles. The Bertz CT molecular complexity index is 1120. The van der Waals surface area contributed by atoms with Crippen molar-refractivity contribution >= 4 is 28.0 Å². The van der Waals surface area contributed by atoms with Crippen LogP contribution in [0.4, 0.5) is 0 Å². The molecule has 6 nitrogen and oxygen atoms in total.